The number of furan rings is 1. The summed E-state index contributed by atoms with van der Waals surface area (Å²) in [5.74, 6) is 6.25. The first-order chi connectivity index (χ1) is 8.31. The first-order valence-corrected chi connectivity index (χ1v) is 6.88. The largest absolute Gasteiger partial charge is 0.457 e. The van der Waals surface area contributed by atoms with E-state index in [1.165, 1.54) is 25.7 Å². The maximum absolute atomic E-state index is 5.55. The van der Waals surface area contributed by atoms with Crippen molar-refractivity contribution in [2.45, 2.75) is 44.6 Å². The van der Waals surface area contributed by atoms with E-state index in [4.69, 9.17) is 15.3 Å². The highest BCUT2D eigenvalue weighted by molar-refractivity contribution is 9.10. The van der Waals surface area contributed by atoms with Gasteiger partial charge in [0.2, 0.25) is 0 Å². The van der Waals surface area contributed by atoms with Gasteiger partial charge in [-0.15, -0.1) is 0 Å². The fourth-order valence-electron chi connectivity index (χ4n) is 2.22. The molecule has 1 heterocycles. The van der Waals surface area contributed by atoms with Crippen LogP contribution in [0.3, 0.4) is 0 Å². The molecule has 0 radical (unpaired) electrons. The van der Waals surface area contributed by atoms with Crippen LogP contribution in [0.4, 0.5) is 0 Å². The summed E-state index contributed by atoms with van der Waals surface area (Å²) in [6.07, 6.45) is 9.11. The minimum atomic E-state index is 0.380. The molecule has 1 aromatic rings. The van der Waals surface area contributed by atoms with E-state index in [2.05, 4.69) is 21.4 Å². The summed E-state index contributed by atoms with van der Waals surface area (Å²) in [4.78, 5) is 4.71. The van der Waals surface area contributed by atoms with Crippen molar-refractivity contribution in [3.63, 3.8) is 0 Å². The molecule has 1 fully saturated rings. The molecule has 2 rings (SSSR count). The Kier molecular flexibility index (Phi) is 4.62. The van der Waals surface area contributed by atoms with E-state index in [1.54, 1.807) is 6.26 Å². The molecule has 0 aromatic carbocycles. The number of amidine groups is 1. The minimum absolute atomic E-state index is 0.380. The van der Waals surface area contributed by atoms with Gasteiger partial charge in [0, 0.05) is 0 Å². The molecule has 0 unspecified atom stereocenters. The molecule has 0 saturated heterocycles. The second-order valence-corrected chi connectivity index (χ2v) is 5.10. The topological polar surface area (TPSA) is 63.5 Å². The van der Waals surface area contributed by atoms with E-state index < -0.39 is 0 Å². The number of nitrogens with zero attached hydrogens (tertiary/aromatic N) is 1. The van der Waals surface area contributed by atoms with Gasteiger partial charge in [0.05, 0.1) is 17.9 Å². The lowest BCUT2D eigenvalue weighted by Gasteiger charge is -2.11. The molecule has 0 spiro atoms. The third-order valence-electron chi connectivity index (χ3n) is 3.15. The molecule has 3 N–H and O–H groups in total. The van der Waals surface area contributed by atoms with Crippen molar-refractivity contribution in [1.82, 2.24) is 5.43 Å². The number of hydrogen-bond acceptors (Lipinski definition) is 3. The van der Waals surface area contributed by atoms with Gasteiger partial charge in [-0.3, -0.25) is 4.99 Å². The van der Waals surface area contributed by atoms with Gasteiger partial charge in [0.25, 0.3) is 0 Å². The molecule has 0 aliphatic heterocycles. The van der Waals surface area contributed by atoms with Crippen LogP contribution in [-0.2, 0) is 0 Å². The SMILES string of the molecule is NNC(=NC1CCCCCC1)c1ccoc1Br. The van der Waals surface area contributed by atoms with Crippen LogP contribution in [0.1, 0.15) is 44.1 Å². The van der Waals surface area contributed by atoms with Crippen LogP contribution in [0.2, 0.25) is 0 Å². The highest BCUT2D eigenvalue weighted by Crippen LogP contribution is 2.22. The highest BCUT2D eigenvalue weighted by Gasteiger charge is 2.15. The first kappa shape index (κ1) is 12.6. The summed E-state index contributed by atoms with van der Waals surface area (Å²) in [7, 11) is 0. The molecule has 1 saturated carbocycles. The maximum Gasteiger partial charge on any atom is 0.179 e. The van der Waals surface area contributed by atoms with Gasteiger partial charge in [-0.1, -0.05) is 25.7 Å². The van der Waals surface area contributed by atoms with Crippen LogP contribution in [0.25, 0.3) is 0 Å². The number of hydrogen-bond donors (Lipinski definition) is 2. The van der Waals surface area contributed by atoms with Gasteiger partial charge < -0.3 is 9.84 Å². The van der Waals surface area contributed by atoms with Crippen LogP contribution in [0, 0.1) is 0 Å². The third kappa shape index (κ3) is 3.33. The Labute approximate surface area is 110 Å². The third-order valence-corrected chi connectivity index (χ3v) is 3.76. The van der Waals surface area contributed by atoms with Gasteiger partial charge in [0.1, 0.15) is 5.84 Å². The summed E-state index contributed by atoms with van der Waals surface area (Å²) >= 11 is 3.34. The molecular formula is C12H18BrN3O. The van der Waals surface area contributed by atoms with Crippen molar-refractivity contribution in [2.24, 2.45) is 10.8 Å². The van der Waals surface area contributed by atoms with Gasteiger partial charge in [-0.05, 0) is 34.8 Å². The molecule has 94 valence electrons. The van der Waals surface area contributed by atoms with Crippen molar-refractivity contribution < 1.29 is 4.42 Å². The zero-order chi connectivity index (χ0) is 12.1. The van der Waals surface area contributed by atoms with Crippen molar-refractivity contribution in [1.29, 1.82) is 0 Å². The Morgan fingerprint density at radius 1 is 1.35 bits per heavy atom. The second-order valence-electron chi connectivity index (χ2n) is 4.38. The fraction of sp³-hybridized carbons (Fsp3) is 0.583. The molecule has 0 bridgehead atoms. The van der Waals surface area contributed by atoms with E-state index in [0.29, 0.717) is 16.5 Å². The summed E-state index contributed by atoms with van der Waals surface area (Å²) in [5, 5.41) is 0. The summed E-state index contributed by atoms with van der Waals surface area (Å²) in [6.45, 7) is 0. The van der Waals surface area contributed by atoms with Crippen LogP contribution >= 0.6 is 15.9 Å². The summed E-state index contributed by atoms with van der Waals surface area (Å²) < 4.78 is 5.87. The van der Waals surface area contributed by atoms with Crippen LogP contribution in [0.15, 0.2) is 26.4 Å². The van der Waals surface area contributed by atoms with Gasteiger partial charge in [-0.25, -0.2) is 5.84 Å². The predicted molar refractivity (Wildman–Crippen MR) is 71.8 cm³/mol. The maximum atomic E-state index is 5.55. The molecular weight excluding hydrogens is 282 g/mol. The monoisotopic (exact) mass is 299 g/mol. The Bertz CT molecular complexity index is 381. The van der Waals surface area contributed by atoms with E-state index in [-0.39, 0.29) is 0 Å². The number of aliphatic imine (C=N–C) groups is 1. The minimum Gasteiger partial charge on any atom is -0.457 e. The Hall–Kier alpha value is -0.810. The molecule has 0 amide bonds. The number of rotatable bonds is 2. The lowest BCUT2D eigenvalue weighted by atomic mass is 10.1. The number of nitrogens with one attached hydrogen (secondary N) is 1. The molecule has 4 nitrogen and oxygen atoms in total. The number of nitrogens with two attached hydrogens (primary N) is 1. The first-order valence-electron chi connectivity index (χ1n) is 6.09. The fourth-order valence-corrected chi connectivity index (χ4v) is 2.64. The Morgan fingerprint density at radius 3 is 2.59 bits per heavy atom. The Morgan fingerprint density at radius 2 is 2.06 bits per heavy atom. The van der Waals surface area contributed by atoms with Crippen molar-refractivity contribution in [3.8, 4) is 0 Å². The smallest absolute Gasteiger partial charge is 0.179 e. The van der Waals surface area contributed by atoms with Crippen LogP contribution in [-0.4, -0.2) is 11.9 Å². The zero-order valence-corrected chi connectivity index (χ0v) is 11.4. The number of halogens is 1. The second kappa shape index (κ2) is 6.21. The average Bonchev–Trinajstić information content (AvgIpc) is 2.62. The van der Waals surface area contributed by atoms with Crippen LogP contribution < -0.4 is 11.3 Å². The highest BCUT2D eigenvalue weighted by atomic mass is 79.9. The van der Waals surface area contributed by atoms with Gasteiger partial charge in [-0.2, -0.15) is 0 Å². The van der Waals surface area contributed by atoms with Crippen LogP contribution in [0.5, 0.6) is 0 Å². The lowest BCUT2D eigenvalue weighted by molar-refractivity contribution is 0.540. The Balaban J connectivity index is 2.14. The van der Waals surface area contributed by atoms with E-state index in [1.807, 2.05) is 6.07 Å². The molecule has 1 aliphatic carbocycles. The van der Waals surface area contributed by atoms with Crippen molar-refractivity contribution in [2.75, 3.05) is 0 Å². The van der Waals surface area contributed by atoms with E-state index >= 15 is 0 Å². The van der Waals surface area contributed by atoms with E-state index in [0.717, 1.165) is 18.4 Å². The lowest BCUT2D eigenvalue weighted by Crippen LogP contribution is -2.32. The number of hydrazine groups is 1. The molecule has 1 aromatic heterocycles. The van der Waals surface area contributed by atoms with Gasteiger partial charge in [0.15, 0.2) is 4.67 Å². The standard InChI is InChI=1S/C12H18BrN3O/c13-11-10(7-8-17-11)12(16-14)15-9-5-3-1-2-4-6-9/h7-9H,1-6,14H2,(H,15,16). The van der Waals surface area contributed by atoms with Crippen molar-refractivity contribution in [3.05, 3.63) is 22.6 Å². The molecule has 1 aliphatic rings. The predicted octanol–water partition coefficient (Wildman–Crippen LogP) is 2.97. The average molecular weight is 300 g/mol. The molecule has 17 heavy (non-hydrogen) atoms. The molecule has 0 atom stereocenters. The quantitative estimate of drug-likeness (QED) is 0.290. The van der Waals surface area contributed by atoms with Gasteiger partial charge >= 0.3 is 0 Å². The summed E-state index contributed by atoms with van der Waals surface area (Å²) in [6, 6.07) is 2.24. The van der Waals surface area contributed by atoms with Crippen molar-refractivity contribution >= 4 is 21.8 Å². The summed E-state index contributed by atoms with van der Waals surface area (Å²) in [5.41, 5.74) is 3.56. The van der Waals surface area contributed by atoms with E-state index in [9.17, 15) is 0 Å². The zero-order valence-electron chi connectivity index (χ0n) is 9.79. The molecule has 5 heteroatoms. The normalized spacial score (nSPS) is 19.1.